The van der Waals surface area contributed by atoms with Gasteiger partial charge in [-0.15, -0.1) is 0 Å². The fourth-order valence-corrected chi connectivity index (χ4v) is 8.11. The first kappa shape index (κ1) is 46.2. The number of amides is 1. The van der Waals surface area contributed by atoms with E-state index in [0.29, 0.717) is 6.54 Å². The van der Waals surface area contributed by atoms with Gasteiger partial charge in [-0.25, -0.2) is 0 Å². The molecule has 4 N–H and O–H groups in total. The monoisotopic (exact) mass is 836 g/mol. The van der Waals surface area contributed by atoms with Gasteiger partial charge in [0.15, 0.2) is 11.5 Å². The van der Waals surface area contributed by atoms with Crippen LogP contribution in [0.15, 0.2) is 53.1 Å². The van der Waals surface area contributed by atoms with Crippen LogP contribution in [0.5, 0.6) is 11.5 Å². The fourth-order valence-electron chi connectivity index (χ4n) is 8.11. The highest BCUT2D eigenvalue weighted by molar-refractivity contribution is 6.31. The Kier molecular flexibility index (Phi) is 14.8. The maximum absolute atomic E-state index is 14.1. The van der Waals surface area contributed by atoms with Crippen molar-refractivity contribution in [3.63, 3.8) is 0 Å². The number of piperazine rings is 1. The number of allylic oxidation sites excluding steroid dienone is 4. The molecule has 4 heterocycles. The van der Waals surface area contributed by atoms with Gasteiger partial charge in [0, 0.05) is 94.6 Å². The fraction of sp³-hybridized carbons (Fsp3) is 0.568. The van der Waals surface area contributed by atoms with Crippen molar-refractivity contribution in [3.8, 4) is 11.5 Å². The number of esters is 1. The van der Waals surface area contributed by atoms with E-state index in [2.05, 4.69) is 27.3 Å². The normalized spacial score (nSPS) is 31.6. The summed E-state index contributed by atoms with van der Waals surface area (Å²) in [5.74, 6) is -7.41. The van der Waals surface area contributed by atoms with E-state index in [1.807, 2.05) is 0 Å². The number of phenolic OH excluding ortho intramolecular Hbond substituents is 1. The molecule has 328 valence electrons. The summed E-state index contributed by atoms with van der Waals surface area (Å²) in [6, 6.07) is 0. The number of hydrogen-bond donors (Lipinski definition) is 4. The molecule has 6 rings (SSSR count). The van der Waals surface area contributed by atoms with Crippen LogP contribution in [-0.4, -0.2) is 138 Å². The molecule has 16 nitrogen and oxygen atoms in total. The SMILES string of the molecule is CO[C@H]1C=CO[C@@]2(C)Oc3c(C)c(O)c4c(c3C2=NOCCN2CCN(C)CC2)C(=O)C=C(NC(=O)C(C)=CC=C[C@H](C)[C@H](O)[C@@H](C)[C@@H](O)[C@@H](C)[C@H](OC(C)=O)[C@@H]1C)C4=O. The zero-order chi connectivity index (χ0) is 44.2. The third kappa shape index (κ3) is 9.68. The number of aliphatic hydroxyl groups is 2. The summed E-state index contributed by atoms with van der Waals surface area (Å²) in [6.07, 6.45) is 4.83. The standard InChI is InChI=1S/C44H60N4O12/c1-23-12-11-13-24(2)43(55)45-30-22-31(50)33-34(39(30)54)38(53)28(6)41-35(33)42(46-58-21-19-48-17-15-47(9)16-18-48)44(8,60-41)57-20-14-32(56-10)25(3)40(59-29(7)49)27(5)37(52)26(4)36(23)51/h11-14,20,22-23,25-27,32,36-37,40,51-53H,15-19,21H2,1-10H3,(H,45,55)/t23-,25+,26+,27+,32-,36-,37+,40+,44-/m0/s1. The Balaban J connectivity index is 1.61. The smallest absolute Gasteiger partial charge is 0.302 e. The second-order valence-corrected chi connectivity index (χ2v) is 16.5. The molecule has 1 aromatic carbocycles. The molecule has 1 aliphatic carbocycles. The number of carbonyl (C=O) groups is 4. The van der Waals surface area contributed by atoms with Crippen LogP contribution in [0.2, 0.25) is 0 Å². The van der Waals surface area contributed by atoms with Gasteiger partial charge in [0.25, 0.3) is 11.7 Å². The molecule has 5 bridgehead atoms. The molecular weight excluding hydrogens is 776 g/mol. The molecule has 5 aliphatic rings. The van der Waals surface area contributed by atoms with Crippen LogP contribution < -0.4 is 10.1 Å². The molecule has 0 spiro atoms. The average Bonchev–Trinajstić information content (AvgIpc) is 3.50. The number of nitrogens with zero attached hydrogens (tertiary/aromatic N) is 3. The molecule has 0 unspecified atom stereocenters. The van der Waals surface area contributed by atoms with Crippen LogP contribution >= 0.6 is 0 Å². The molecule has 1 saturated heterocycles. The van der Waals surface area contributed by atoms with Gasteiger partial charge in [0.1, 0.15) is 24.2 Å². The van der Waals surface area contributed by atoms with E-state index in [9.17, 15) is 34.5 Å². The summed E-state index contributed by atoms with van der Waals surface area (Å²) < 4.78 is 24.3. The number of benzene rings is 1. The molecule has 1 amide bonds. The van der Waals surface area contributed by atoms with Crippen molar-refractivity contribution in [2.75, 3.05) is 53.5 Å². The largest absolute Gasteiger partial charge is 0.507 e. The van der Waals surface area contributed by atoms with Crippen molar-refractivity contribution in [2.45, 2.75) is 85.6 Å². The number of likely N-dealkylation sites (N-methyl/N-ethyl adjacent to an activating group) is 1. The van der Waals surface area contributed by atoms with Gasteiger partial charge in [-0.2, -0.15) is 0 Å². The van der Waals surface area contributed by atoms with E-state index in [4.69, 9.17) is 23.8 Å². The Morgan fingerprint density at radius 2 is 1.67 bits per heavy atom. The Morgan fingerprint density at radius 3 is 2.32 bits per heavy atom. The van der Waals surface area contributed by atoms with Crippen LogP contribution in [-0.2, 0) is 28.6 Å². The number of aromatic hydroxyl groups is 1. The van der Waals surface area contributed by atoms with E-state index < -0.39 is 83.1 Å². The summed E-state index contributed by atoms with van der Waals surface area (Å²) >= 11 is 0. The lowest BCUT2D eigenvalue weighted by Gasteiger charge is -2.38. The lowest BCUT2D eigenvalue weighted by atomic mass is 9.78. The summed E-state index contributed by atoms with van der Waals surface area (Å²) in [5, 5.41) is 41.4. The van der Waals surface area contributed by atoms with Crippen LogP contribution in [0.3, 0.4) is 0 Å². The number of hydrogen-bond acceptors (Lipinski definition) is 15. The van der Waals surface area contributed by atoms with E-state index >= 15 is 0 Å². The first-order valence-corrected chi connectivity index (χ1v) is 20.4. The molecule has 4 aliphatic heterocycles. The number of nitrogens with one attached hydrogen (secondary N) is 1. The maximum atomic E-state index is 14.1. The number of oxime groups is 1. The maximum Gasteiger partial charge on any atom is 0.302 e. The molecule has 1 fully saturated rings. The zero-order valence-electron chi connectivity index (χ0n) is 36.2. The molecule has 0 radical (unpaired) electrons. The van der Waals surface area contributed by atoms with E-state index in [0.717, 1.165) is 32.3 Å². The average molecular weight is 837 g/mol. The molecule has 9 atom stereocenters. The highest BCUT2D eigenvalue weighted by atomic mass is 16.7. The van der Waals surface area contributed by atoms with Gasteiger partial charge in [-0.05, 0) is 27.0 Å². The number of fused-ring (bicyclic) bond motifs is 14. The number of aliphatic hydroxyl groups excluding tert-OH is 2. The Labute approximate surface area is 351 Å². The predicted molar refractivity (Wildman–Crippen MR) is 221 cm³/mol. The molecular formula is C44H60N4O12. The van der Waals surface area contributed by atoms with Crippen LogP contribution in [0.25, 0.3) is 0 Å². The Morgan fingerprint density at radius 1 is 0.983 bits per heavy atom. The van der Waals surface area contributed by atoms with Gasteiger partial charge in [-0.3, -0.25) is 24.1 Å². The quantitative estimate of drug-likeness (QED) is 0.184. The van der Waals surface area contributed by atoms with Gasteiger partial charge in [-0.1, -0.05) is 51.1 Å². The number of phenols is 1. The third-order valence-electron chi connectivity index (χ3n) is 12.1. The van der Waals surface area contributed by atoms with E-state index in [1.165, 1.54) is 40.2 Å². The lowest BCUT2D eigenvalue weighted by molar-refractivity contribution is -0.160. The van der Waals surface area contributed by atoms with Crippen molar-refractivity contribution in [1.82, 2.24) is 15.1 Å². The summed E-state index contributed by atoms with van der Waals surface area (Å²) in [6.45, 7) is 17.1. The minimum atomic E-state index is -1.79. The van der Waals surface area contributed by atoms with Gasteiger partial charge < -0.3 is 49.3 Å². The van der Waals surface area contributed by atoms with Crippen LogP contribution in [0.1, 0.15) is 80.3 Å². The van der Waals surface area contributed by atoms with Crippen LogP contribution in [0, 0.1) is 30.6 Å². The van der Waals surface area contributed by atoms with Gasteiger partial charge in [0.2, 0.25) is 5.78 Å². The minimum Gasteiger partial charge on any atom is -0.507 e. The molecule has 0 saturated carbocycles. The highest BCUT2D eigenvalue weighted by Crippen LogP contribution is 2.48. The van der Waals surface area contributed by atoms with E-state index in [-0.39, 0.29) is 51.6 Å². The zero-order valence-corrected chi connectivity index (χ0v) is 36.2. The number of carbonyl (C=O) groups excluding carboxylic acids is 4. The third-order valence-corrected chi connectivity index (χ3v) is 12.1. The van der Waals surface area contributed by atoms with Crippen molar-refractivity contribution in [2.24, 2.45) is 28.8 Å². The van der Waals surface area contributed by atoms with Gasteiger partial charge >= 0.3 is 5.97 Å². The van der Waals surface area contributed by atoms with Crippen molar-refractivity contribution < 1.29 is 58.3 Å². The van der Waals surface area contributed by atoms with Crippen LogP contribution in [0.4, 0.5) is 0 Å². The molecule has 16 heteroatoms. The minimum absolute atomic E-state index is 0.0141. The Hall–Kier alpha value is -4.87. The summed E-state index contributed by atoms with van der Waals surface area (Å²) in [4.78, 5) is 64.3. The summed E-state index contributed by atoms with van der Waals surface area (Å²) in [5.41, 5.74) is -0.470. The van der Waals surface area contributed by atoms with Crippen molar-refractivity contribution in [3.05, 3.63) is 70.2 Å². The topological polar surface area (TPSA) is 206 Å². The summed E-state index contributed by atoms with van der Waals surface area (Å²) in [7, 11) is 3.54. The second kappa shape index (κ2) is 19.2. The number of ketones is 2. The Bertz CT molecular complexity index is 1980. The van der Waals surface area contributed by atoms with E-state index in [1.54, 1.807) is 52.8 Å². The highest BCUT2D eigenvalue weighted by Gasteiger charge is 2.51. The number of ether oxygens (including phenoxy) is 4. The number of rotatable bonds is 6. The lowest BCUT2D eigenvalue weighted by Crippen LogP contribution is -2.46. The van der Waals surface area contributed by atoms with Crippen molar-refractivity contribution in [1.29, 1.82) is 0 Å². The number of Topliss-reactive ketones (excluding diaryl/α,β-unsaturated/α-hetero) is 1. The molecule has 60 heavy (non-hydrogen) atoms. The molecule has 0 aromatic heterocycles. The predicted octanol–water partition coefficient (Wildman–Crippen LogP) is 3.42. The first-order chi connectivity index (χ1) is 28.3. The first-order valence-electron chi connectivity index (χ1n) is 20.4. The number of methoxy groups -OCH3 is 1. The van der Waals surface area contributed by atoms with Gasteiger partial charge in [0.05, 0.1) is 47.0 Å². The second-order valence-electron chi connectivity index (χ2n) is 16.5. The molecule has 1 aromatic rings. The van der Waals surface area contributed by atoms with Crippen molar-refractivity contribution >= 4 is 29.2 Å².